The van der Waals surface area contributed by atoms with Gasteiger partial charge in [0.1, 0.15) is 6.04 Å². The molecule has 2 amide bonds. The largest absolute Gasteiger partial charge is 0.466 e. The molecule has 0 saturated carbocycles. The zero-order valence-corrected chi connectivity index (χ0v) is 21.6. The van der Waals surface area contributed by atoms with Gasteiger partial charge in [-0.3, -0.25) is 14.4 Å². The first-order chi connectivity index (χ1) is 16.8. The van der Waals surface area contributed by atoms with Crippen LogP contribution < -0.4 is 0 Å². The van der Waals surface area contributed by atoms with Crippen molar-refractivity contribution in [2.45, 2.75) is 68.2 Å². The minimum Gasteiger partial charge on any atom is -0.466 e. The second-order valence-corrected chi connectivity index (χ2v) is 11.6. The van der Waals surface area contributed by atoms with Gasteiger partial charge in [-0.1, -0.05) is 36.4 Å². The number of nitrogens with zero attached hydrogens (tertiary/aromatic N) is 2. The normalized spacial score (nSPS) is 29.9. The number of ether oxygens (including phenoxy) is 1. The molecule has 35 heavy (non-hydrogen) atoms. The topological polar surface area (TPSA) is 87.2 Å². The third-order valence-electron chi connectivity index (χ3n) is 7.68. The minimum atomic E-state index is -0.752. The Hall–Kier alpha value is -2.32. The van der Waals surface area contributed by atoms with Gasteiger partial charge in [0.25, 0.3) is 0 Å². The van der Waals surface area contributed by atoms with Crippen LogP contribution in [0.5, 0.6) is 0 Å². The predicted molar refractivity (Wildman–Crippen MR) is 136 cm³/mol. The van der Waals surface area contributed by atoms with E-state index in [0.29, 0.717) is 19.4 Å². The third-order valence-corrected chi connectivity index (χ3v) is 9.63. The van der Waals surface area contributed by atoms with E-state index in [4.69, 9.17) is 4.74 Å². The molecule has 8 heteroatoms. The molecule has 190 valence electrons. The SMILES string of the molecule is C=CCN(C(=O)C1N([C@@H](CO)Cc2ccccc2)C(=O)[C@@H]2[C@@H](C(=O)OCC)[C@H]3CCC12S3)C(C)C. The first kappa shape index (κ1) is 25.8. The zero-order valence-electron chi connectivity index (χ0n) is 20.8. The molecular weight excluding hydrogens is 464 g/mol. The van der Waals surface area contributed by atoms with Gasteiger partial charge in [0, 0.05) is 17.8 Å². The van der Waals surface area contributed by atoms with Crippen molar-refractivity contribution in [2.75, 3.05) is 19.8 Å². The standard InChI is InChI=1S/C27H36N2O5S/c1-5-14-28(17(3)4)25(32)23-27-13-12-20(35-27)21(26(33)34-6-2)22(27)24(31)29(23)19(16-30)15-18-10-8-7-9-11-18/h5,7-11,17,19-23,30H,1,6,12-16H2,2-4H3/t19-,20-,21+,22+,23?,27?/m1/s1. The summed E-state index contributed by atoms with van der Waals surface area (Å²) in [7, 11) is 0. The van der Waals surface area contributed by atoms with Crippen LogP contribution in [0.3, 0.4) is 0 Å². The molecule has 1 N–H and O–H groups in total. The van der Waals surface area contributed by atoms with E-state index < -0.39 is 28.7 Å². The number of carbonyl (C=O) groups excluding carboxylic acids is 3. The Morgan fingerprint density at radius 3 is 2.66 bits per heavy atom. The number of esters is 1. The molecule has 3 heterocycles. The highest BCUT2D eigenvalue weighted by Crippen LogP contribution is 2.67. The van der Waals surface area contributed by atoms with Crippen molar-refractivity contribution in [3.63, 3.8) is 0 Å². The Kier molecular flexibility index (Phi) is 7.62. The Morgan fingerprint density at radius 1 is 1.34 bits per heavy atom. The molecule has 3 fully saturated rings. The van der Waals surface area contributed by atoms with Crippen molar-refractivity contribution >= 4 is 29.5 Å². The number of hydrogen-bond acceptors (Lipinski definition) is 6. The van der Waals surface area contributed by atoms with Crippen LogP contribution in [0.2, 0.25) is 0 Å². The van der Waals surface area contributed by atoms with Crippen molar-refractivity contribution in [3.05, 3.63) is 48.6 Å². The van der Waals surface area contributed by atoms with Crippen LogP contribution in [-0.4, -0.2) is 80.6 Å². The van der Waals surface area contributed by atoms with Gasteiger partial charge in [-0.15, -0.1) is 18.3 Å². The highest BCUT2D eigenvalue weighted by molar-refractivity contribution is 8.02. The molecular formula is C27H36N2O5S. The van der Waals surface area contributed by atoms with Crippen LogP contribution in [0.1, 0.15) is 39.2 Å². The molecule has 7 nitrogen and oxygen atoms in total. The number of benzene rings is 1. The molecule has 0 aromatic heterocycles. The highest BCUT2D eigenvalue weighted by Gasteiger charge is 2.74. The van der Waals surface area contributed by atoms with Gasteiger partial charge >= 0.3 is 5.97 Å². The van der Waals surface area contributed by atoms with Gasteiger partial charge in [0.2, 0.25) is 11.8 Å². The number of carbonyl (C=O) groups is 3. The lowest BCUT2D eigenvalue weighted by Gasteiger charge is -2.40. The van der Waals surface area contributed by atoms with Crippen LogP contribution in [0.4, 0.5) is 0 Å². The van der Waals surface area contributed by atoms with E-state index >= 15 is 0 Å². The van der Waals surface area contributed by atoms with Crippen LogP contribution in [0.25, 0.3) is 0 Å². The van der Waals surface area contributed by atoms with Gasteiger partial charge in [0.15, 0.2) is 0 Å². The first-order valence-corrected chi connectivity index (χ1v) is 13.4. The fourth-order valence-corrected chi connectivity index (χ4v) is 8.45. The number of fused-ring (bicyclic) bond motifs is 1. The number of amides is 2. The van der Waals surface area contributed by atoms with Crippen LogP contribution in [-0.2, 0) is 25.5 Å². The van der Waals surface area contributed by atoms with Crippen LogP contribution in [0, 0.1) is 11.8 Å². The smallest absolute Gasteiger partial charge is 0.310 e. The Bertz CT molecular complexity index is 970. The maximum atomic E-state index is 14.2. The van der Waals surface area contributed by atoms with E-state index in [-0.39, 0.29) is 42.3 Å². The maximum Gasteiger partial charge on any atom is 0.310 e. The van der Waals surface area contributed by atoms with E-state index in [0.717, 1.165) is 12.0 Å². The molecule has 3 aliphatic heterocycles. The zero-order chi connectivity index (χ0) is 25.3. The van der Waals surface area contributed by atoms with E-state index in [1.54, 1.807) is 34.6 Å². The van der Waals surface area contributed by atoms with Gasteiger partial charge in [-0.25, -0.2) is 0 Å². The molecule has 2 unspecified atom stereocenters. The molecule has 3 aliphatic rings. The molecule has 2 bridgehead atoms. The summed E-state index contributed by atoms with van der Waals surface area (Å²) in [6.45, 7) is 9.83. The first-order valence-electron chi connectivity index (χ1n) is 12.5. The Balaban J connectivity index is 1.79. The number of likely N-dealkylation sites (tertiary alicyclic amines) is 1. The van der Waals surface area contributed by atoms with Crippen LogP contribution in [0.15, 0.2) is 43.0 Å². The summed E-state index contributed by atoms with van der Waals surface area (Å²) in [6, 6.07) is 8.27. The van der Waals surface area contributed by atoms with Crippen LogP contribution >= 0.6 is 11.8 Å². The lowest BCUT2D eigenvalue weighted by atomic mass is 9.71. The molecule has 6 atom stereocenters. The Morgan fingerprint density at radius 2 is 2.06 bits per heavy atom. The quantitative estimate of drug-likeness (QED) is 0.393. The Labute approximate surface area is 211 Å². The van der Waals surface area contributed by atoms with E-state index in [1.807, 2.05) is 44.2 Å². The van der Waals surface area contributed by atoms with E-state index in [2.05, 4.69) is 6.58 Å². The molecule has 3 saturated heterocycles. The lowest BCUT2D eigenvalue weighted by molar-refractivity contribution is -0.154. The molecule has 1 aromatic rings. The number of thioether (sulfide) groups is 1. The second kappa shape index (κ2) is 10.3. The van der Waals surface area contributed by atoms with Crippen molar-refractivity contribution in [2.24, 2.45) is 11.8 Å². The van der Waals surface area contributed by atoms with E-state index in [9.17, 15) is 19.5 Å². The monoisotopic (exact) mass is 500 g/mol. The summed E-state index contributed by atoms with van der Waals surface area (Å²) in [5, 5.41) is 10.4. The second-order valence-electron chi connectivity index (χ2n) is 9.95. The van der Waals surface area contributed by atoms with Gasteiger partial charge in [-0.2, -0.15) is 0 Å². The summed E-state index contributed by atoms with van der Waals surface area (Å²) in [6.07, 6.45) is 3.57. The van der Waals surface area contributed by atoms with E-state index in [1.165, 1.54) is 0 Å². The summed E-state index contributed by atoms with van der Waals surface area (Å²) >= 11 is 1.62. The molecule has 1 spiro atoms. The van der Waals surface area contributed by atoms with Crippen molar-refractivity contribution in [1.29, 1.82) is 0 Å². The van der Waals surface area contributed by atoms with Crippen molar-refractivity contribution < 1.29 is 24.2 Å². The summed E-state index contributed by atoms with van der Waals surface area (Å²) in [4.78, 5) is 44.7. The average molecular weight is 501 g/mol. The van der Waals surface area contributed by atoms with Gasteiger partial charge in [-0.05, 0) is 45.6 Å². The summed E-state index contributed by atoms with van der Waals surface area (Å²) in [5.41, 5.74) is 0.978. The highest BCUT2D eigenvalue weighted by atomic mass is 32.2. The number of aliphatic hydroxyl groups is 1. The number of rotatable bonds is 10. The summed E-state index contributed by atoms with van der Waals surface area (Å²) in [5.74, 6) is -1.90. The fraction of sp³-hybridized carbons (Fsp3) is 0.593. The molecule has 0 aliphatic carbocycles. The number of hydrogen-bond donors (Lipinski definition) is 1. The fourth-order valence-electron chi connectivity index (χ4n) is 6.26. The van der Waals surface area contributed by atoms with Crippen molar-refractivity contribution in [3.8, 4) is 0 Å². The minimum absolute atomic E-state index is 0.0333. The molecule has 0 radical (unpaired) electrons. The third kappa shape index (κ3) is 4.29. The lowest BCUT2D eigenvalue weighted by Crippen LogP contribution is -2.58. The average Bonchev–Trinajstić information content (AvgIpc) is 3.48. The van der Waals surface area contributed by atoms with Gasteiger partial charge < -0.3 is 19.6 Å². The number of aliphatic hydroxyl groups excluding tert-OH is 1. The predicted octanol–water partition coefficient (Wildman–Crippen LogP) is 2.67. The molecule has 1 aromatic carbocycles. The summed E-state index contributed by atoms with van der Waals surface area (Å²) < 4.78 is 4.69. The molecule has 4 rings (SSSR count). The van der Waals surface area contributed by atoms with Gasteiger partial charge in [0.05, 0.1) is 35.8 Å². The van der Waals surface area contributed by atoms with Crippen molar-refractivity contribution in [1.82, 2.24) is 9.80 Å². The maximum absolute atomic E-state index is 14.2.